The molecule has 1 fully saturated rings. The van der Waals surface area contributed by atoms with Crippen molar-refractivity contribution in [3.05, 3.63) is 80.9 Å². The number of hydrogen-bond donors (Lipinski definition) is 6. The first kappa shape index (κ1) is 32.1. The molecule has 3 atom stereocenters. The zero-order valence-electron chi connectivity index (χ0n) is 24.1. The second-order valence-electron chi connectivity index (χ2n) is 11.2. The van der Waals surface area contributed by atoms with Gasteiger partial charge in [-0.15, -0.1) is 0 Å². The van der Waals surface area contributed by atoms with E-state index in [9.17, 15) is 4.79 Å². The lowest BCUT2D eigenvalue weighted by molar-refractivity contribution is 0.258. The number of aliphatic hydroxyl groups is 1. The van der Waals surface area contributed by atoms with Crippen LogP contribution in [0.2, 0.25) is 5.02 Å². The highest BCUT2D eigenvalue weighted by Crippen LogP contribution is 2.32. The van der Waals surface area contributed by atoms with Crippen molar-refractivity contribution >= 4 is 39.6 Å². The Morgan fingerprint density at radius 3 is 2.82 bits per heavy atom. The monoisotopic (exact) mass is 643 g/mol. The van der Waals surface area contributed by atoms with Gasteiger partial charge in [-0.3, -0.25) is 9.98 Å². The van der Waals surface area contributed by atoms with Gasteiger partial charge in [-0.05, 0) is 74.4 Å². The lowest BCUT2D eigenvalue weighted by Crippen LogP contribution is -2.37. The molecule has 8 N–H and O–H groups in total. The van der Waals surface area contributed by atoms with E-state index in [-0.39, 0.29) is 46.1 Å². The molecular weight excluding hydrogens is 608 g/mol. The van der Waals surface area contributed by atoms with E-state index in [0.29, 0.717) is 41.6 Å². The van der Waals surface area contributed by atoms with Gasteiger partial charge in [-0.1, -0.05) is 35.9 Å². The molecule has 4 aromatic rings. The van der Waals surface area contributed by atoms with Crippen LogP contribution in [-0.4, -0.2) is 49.3 Å². The van der Waals surface area contributed by atoms with Crippen molar-refractivity contribution in [3.8, 4) is 16.9 Å². The Morgan fingerprint density at radius 2 is 2.07 bits per heavy atom. The zero-order chi connectivity index (χ0) is 31.4. The van der Waals surface area contributed by atoms with Crippen molar-refractivity contribution in [3.63, 3.8) is 0 Å². The summed E-state index contributed by atoms with van der Waals surface area (Å²) in [7, 11) is 0. The summed E-state index contributed by atoms with van der Waals surface area (Å²) in [6, 6.07) is 9.42. The zero-order valence-corrected chi connectivity index (χ0v) is 25.7. The first-order valence-corrected chi connectivity index (χ1v) is 16.0. The van der Waals surface area contributed by atoms with Crippen LogP contribution in [0.4, 0.5) is 8.78 Å². The minimum absolute atomic E-state index is 0.0283. The Labute approximate surface area is 262 Å². The average molecular weight is 644 g/mol. The topological polar surface area (TPSA) is 159 Å². The third-order valence-electron chi connectivity index (χ3n) is 8.00. The van der Waals surface area contributed by atoms with E-state index in [4.69, 9.17) is 33.6 Å². The van der Waals surface area contributed by atoms with Crippen molar-refractivity contribution < 1.29 is 13.9 Å². The van der Waals surface area contributed by atoms with Gasteiger partial charge >= 0.3 is 5.69 Å². The summed E-state index contributed by atoms with van der Waals surface area (Å²) in [5.41, 5.74) is 13.2. The number of aromatic amines is 1. The van der Waals surface area contributed by atoms with Crippen LogP contribution in [0, 0.1) is 17.0 Å². The highest BCUT2D eigenvalue weighted by atomic mass is 35.5. The summed E-state index contributed by atoms with van der Waals surface area (Å²) >= 11 is 7.52. The predicted octanol–water partition coefficient (Wildman–Crippen LogP) is 5.15. The summed E-state index contributed by atoms with van der Waals surface area (Å²) in [4.78, 5) is 20.2. The number of aromatic nitrogens is 3. The van der Waals surface area contributed by atoms with Crippen LogP contribution < -0.4 is 22.5 Å². The van der Waals surface area contributed by atoms with Gasteiger partial charge in [0, 0.05) is 46.6 Å². The normalized spacial score (nSPS) is 17.7. The fourth-order valence-electron chi connectivity index (χ4n) is 5.72. The third kappa shape index (κ3) is 7.49. The fraction of sp³-hybridized carbons (Fsp3) is 0.387. The van der Waals surface area contributed by atoms with E-state index in [0.717, 1.165) is 37.0 Å². The van der Waals surface area contributed by atoms with Crippen LogP contribution in [0.3, 0.4) is 0 Å². The van der Waals surface area contributed by atoms with Crippen LogP contribution in [0.5, 0.6) is 0 Å². The number of benzene rings is 2. The second-order valence-corrected chi connectivity index (χ2v) is 12.8. The molecule has 3 heterocycles. The highest BCUT2D eigenvalue weighted by Gasteiger charge is 2.25. The molecule has 1 aliphatic rings. The van der Waals surface area contributed by atoms with Gasteiger partial charge in [0.1, 0.15) is 11.5 Å². The van der Waals surface area contributed by atoms with E-state index in [1.807, 2.05) is 0 Å². The van der Waals surface area contributed by atoms with Crippen molar-refractivity contribution in [2.24, 2.45) is 11.5 Å². The van der Waals surface area contributed by atoms with Gasteiger partial charge < -0.3 is 26.9 Å². The maximum Gasteiger partial charge on any atom is 0.354 e. The molecule has 5 rings (SSSR count). The van der Waals surface area contributed by atoms with E-state index in [1.165, 1.54) is 22.4 Å². The van der Waals surface area contributed by atoms with Crippen molar-refractivity contribution in [2.75, 3.05) is 12.4 Å². The van der Waals surface area contributed by atoms with E-state index >= 15 is 8.78 Å². The minimum atomic E-state index is -0.607. The Hall–Kier alpha value is -3.29. The molecule has 2 aromatic carbocycles. The molecule has 44 heavy (non-hydrogen) atoms. The number of hydrogen-bond acceptors (Lipinski definition) is 7. The standard InChI is InChI=1S/C31H36ClF2N7O2S/c32-24-12-17(3-1-4-19(35)16-42)11-23(28(24)34)27-13-18-15-41(31(43)40-29(18)39-27)21-7-8-22(25(33)14-21)26-6-2-5-20(38-26)9-10-44-30(36)37/h7-8,11-15,19-20,26,38,42H,1-6,9-10,16,35H2,(H3,36,37)(H,39,40,43)/t19-,20+,26+/m1/s1. The van der Waals surface area contributed by atoms with Crippen molar-refractivity contribution in [1.29, 1.82) is 5.41 Å². The molecule has 0 unspecified atom stereocenters. The molecule has 1 saturated heterocycles. The molecule has 0 amide bonds. The lowest BCUT2D eigenvalue weighted by atomic mass is 9.92. The quantitative estimate of drug-likeness (QED) is 0.0973. The molecule has 9 nitrogen and oxygen atoms in total. The molecular formula is C31H36ClF2N7O2S. The summed E-state index contributed by atoms with van der Waals surface area (Å²) < 4.78 is 31.8. The molecule has 13 heteroatoms. The van der Waals surface area contributed by atoms with Crippen LogP contribution in [0.25, 0.3) is 28.0 Å². The first-order valence-electron chi connectivity index (χ1n) is 14.6. The molecule has 234 valence electrons. The summed E-state index contributed by atoms with van der Waals surface area (Å²) in [5, 5.41) is 20.7. The number of aliphatic hydroxyl groups excluding tert-OH is 1. The summed E-state index contributed by atoms with van der Waals surface area (Å²) in [6.45, 7) is -0.0997. The first-order chi connectivity index (χ1) is 21.1. The van der Waals surface area contributed by atoms with Crippen LogP contribution in [0.1, 0.15) is 55.7 Å². The molecule has 2 aromatic heterocycles. The number of halogens is 3. The number of nitrogens with zero attached hydrogens (tertiary/aromatic N) is 2. The van der Waals surface area contributed by atoms with Gasteiger partial charge in [0.15, 0.2) is 11.0 Å². The third-order valence-corrected chi connectivity index (χ3v) is 9.03. The Balaban J connectivity index is 1.37. The van der Waals surface area contributed by atoms with Crippen LogP contribution in [-0.2, 0) is 6.42 Å². The summed E-state index contributed by atoms with van der Waals surface area (Å²) in [5.74, 6) is -0.293. The smallest absolute Gasteiger partial charge is 0.354 e. The van der Waals surface area contributed by atoms with Crippen molar-refractivity contribution in [1.82, 2.24) is 19.9 Å². The SMILES string of the molecule is N=C(N)SCC[C@@H]1CCC[C@@H](c2ccc(-n3cc4cc(-c5cc(CCC[C@@H](N)CO)cc(Cl)c5F)[nH]c4nc3=O)cc2F)N1. The molecule has 0 spiro atoms. The van der Waals surface area contributed by atoms with Crippen LogP contribution in [0.15, 0.2) is 47.4 Å². The molecule has 0 saturated carbocycles. The molecule has 0 bridgehead atoms. The Kier molecular flexibility index (Phi) is 10.4. The highest BCUT2D eigenvalue weighted by molar-refractivity contribution is 8.13. The number of amidine groups is 1. The molecule has 0 radical (unpaired) electrons. The number of aryl methyl sites for hydroxylation is 1. The largest absolute Gasteiger partial charge is 0.395 e. The number of fused-ring (bicyclic) bond motifs is 1. The number of piperidine rings is 1. The second kappa shape index (κ2) is 14.2. The van der Waals surface area contributed by atoms with Gasteiger partial charge in [0.2, 0.25) is 0 Å². The van der Waals surface area contributed by atoms with Gasteiger partial charge in [0.25, 0.3) is 0 Å². The van der Waals surface area contributed by atoms with Crippen LogP contribution >= 0.6 is 23.4 Å². The maximum atomic E-state index is 15.4. The van der Waals surface area contributed by atoms with Gasteiger partial charge in [-0.25, -0.2) is 13.6 Å². The van der Waals surface area contributed by atoms with E-state index in [2.05, 4.69) is 15.3 Å². The van der Waals surface area contributed by atoms with Gasteiger partial charge in [0.05, 0.1) is 23.0 Å². The molecule has 1 aliphatic heterocycles. The van der Waals surface area contributed by atoms with Gasteiger partial charge in [-0.2, -0.15) is 4.98 Å². The number of nitrogens with one attached hydrogen (secondary N) is 3. The van der Waals surface area contributed by atoms with Crippen molar-refractivity contribution in [2.45, 2.75) is 63.1 Å². The predicted molar refractivity (Wildman–Crippen MR) is 173 cm³/mol. The van der Waals surface area contributed by atoms with E-state index in [1.54, 1.807) is 36.5 Å². The number of rotatable bonds is 11. The van der Waals surface area contributed by atoms with E-state index < -0.39 is 17.3 Å². The lowest BCUT2D eigenvalue weighted by Gasteiger charge is -2.31. The number of nitrogens with two attached hydrogens (primary N) is 2. The number of thioether (sulfide) groups is 1. The minimum Gasteiger partial charge on any atom is -0.395 e. The number of H-pyrrole nitrogens is 1. The maximum absolute atomic E-state index is 15.4. The Morgan fingerprint density at radius 1 is 1.25 bits per heavy atom. The fourth-order valence-corrected chi connectivity index (χ4v) is 6.59. The Bertz CT molecular complexity index is 1710. The summed E-state index contributed by atoms with van der Waals surface area (Å²) in [6.07, 6.45) is 7.03. The average Bonchev–Trinajstić information content (AvgIpc) is 3.40. The molecule has 0 aliphatic carbocycles.